The van der Waals surface area contributed by atoms with Crippen molar-refractivity contribution >= 4 is 23.7 Å². The average molecular weight is 361 g/mol. The lowest BCUT2D eigenvalue weighted by atomic mass is 10.1. The first-order valence-corrected chi connectivity index (χ1v) is 8.40. The lowest BCUT2D eigenvalue weighted by Crippen LogP contribution is -2.19. The van der Waals surface area contributed by atoms with Crippen molar-refractivity contribution in [2.75, 3.05) is 10.6 Å². The highest BCUT2D eigenvalue weighted by Gasteiger charge is 2.14. The molecular formula is C20H19N5O2. The van der Waals surface area contributed by atoms with Gasteiger partial charge in [0.25, 0.3) is 11.8 Å². The number of hydrogen-bond donors (Lipinski definition) is 2. The van der Waals surface area contributed by atoms with E-state index in [-0.39, 0.29) is 23.7 Å². The topological polar surface area (TPSA) is 96.9 Å². The minimum absolute atomic E-state index is 0.0795. The Hall–Kier alpha value is -3.61. The van der Waals surface area contributed by atoms with Crippen LogP contribution in [0.25, 0.3) is 0 Å². The molecule has 0 saturated carbocycles. The molecule has 0 saturated heterocycles. The summed E-state index contributed by atoms with van der Waals surface area (Å²) < 4.78 is 0. The zero-order valence-corrected chi connectivity index (χ0v) is 15.3. The predicted molar refractivity (Wildman–Crippen MR) is 103 cm³/mol. The number of aromatic nitrogens is 3. The Labute approximate surface area is 156 Å². The minimum atomic E-state index is -0.324. The fourth-order valence-corrected chi connectivity index (χ4v) is 2.59. The van der Waals surface area contributed by atoms with Crippen LogP contribution < -0.4 is 10.6 Å². The summed E-state index contributed by atoms with van der Waals surface area (Å²) in [6.07, 6.45) is 0. The number of hydrogen-bond acceptors (Lipinski definition) is 5. The molecule has 0 fully saturated rings. The largest absolute Gasteiger partial charge is 0.290 e. The van der Waals surface area contributed by atoms with Crippen LogP contribution in [0.4, 0.5) is 11.9 Å². The number of nitrogens with one attached hydrogen (secondary N) is 2. The van der Waals surface area contributed by atoms with Crippen molar-refractivity contribution in [1.29, 1.82) is 0 Å². The summed E-state index contributed by atoms with van der Waals surface area (Å²) in [4.78, 5) is 37.3. The molecule has 3 rings (SSSR count). The number of rotatable bonds is 4. The van der Waals surface area contributed by atoms with Crippen molar-refractivity contribution in [3.05, 3.63) is 76.6 Å². The highest BCUT2D eigenvalue weighted by atomic mass is 16.2. The van der Waals surface area contributed by atoms with Gasteiger partial charge in [-0.15, -0.1) is 0 Å². The Morgan fingerprint density at radius 3 is 1.48 bits per heavy atom. The minimum Gasteiger partial charge on any atom is -0.290 e. The van der Waals surface area contributed by atoms with Crippen LogP contribution in [0.5, 0.6) is 0 Å². The van der Waals surface area contributed by atoms with Crippen LogP contribution >= 0.6 is 0 Å². The molecule has 0 spiro atoms. The third kappa shape index (κ3) is 4.33. The van der Waals surface area contributed by atoms with Crippen molar-refractivity contribution in [1.82, 2.24) is 15.0 Å². The highest BCUT2D eigenvalue weighted by Crippen LogP contribution is 2.13. The van der Waals surface area contributed by atoms with Gasteiger partial charge in [-0.25, -0.2) is 0 Å². The molecule has 0 atom stereocenters. The van der Waals surface area contributed by atoms with E-state index in [0.717, 1.165) is 11.1 Å². The van der Waals surface area contributed by atoms with Gasteiger partial charge in [0.2, 0.25) is 11.9 Å². The molecule has 0 aliphatic heterocycles. The molecule has 0 aliphatic rings. The molecule has 0 bridgehead atoms. The van der Waals surface area contributed by atoms with E-state index in [4.69, 9.17) is 0 Å². The number of aryl methyl sites for hydroxylation is 3. The van der Waals surface area contributed by atoms with E-state index < -0.39 is 0 Å². The Bertz CT molecular complexity index is 939. The zero-order chi connectivity index (χ0) is 19.4. The van der Waals surface area contributed by atoms with Gasteiger partial charge in [0, 0.05) is 11.1 Å². The van der Waals surface area contributed by atoms with Crippen molar-refractivity contribution in [2.45, 2.75) is 20.8 Å². The van der Waals surface area contributed by atoms with Gasteiger partial charge in [-0.1, -0.05) is 36.4 Å². The predicted octanol–water partition coefficient (Wildman–Crippen LogP) is 3.30. The molecular weight excluding hydrogens is 342 g/mol. The molecule has 7 heteroatoms. The summed E-state index contributed by atoms with van der Waals surface area (Å²) in [6.45, 7) is 5.36. The van der Waals surface area contributed by atoms with E-state index in [9.17, 15) is 9.59 Å². The first kappa shape index (κ1) is 18.2. The van der Waals surface area contributed by atoms with Gasteiger partial charge in [0.05, 0.1) is 0 Å². The molecule has 27 heavy (non-hydrogen) atoms. The standard InChI is InChI=1S/C20H19N5O2/c1-12-8-4-6-10-15(12)17(26)23-19-21-14(3)22-20(25-19)24-18(27)16-11-7-5-9-13(16)2/h4-11H,1-3H3,(H2,21,22,23,24,25,26,27). The summed E-state index contributed by atoms with van der Waals surface area (Å²) >= 11 is 0. The first-order valence-electron chi connectivity index (χ1n) is 8.40. The van der Waals surface area contributed by atoms with Crippen LogP contribution in [0.15, 0.2) is 48.5 Å². The lowest BCUT2D eigenvalue weighted by Gasteiger charge is -2.09. The van der Waals surface area contributed by atoms with E-state index in [2.05, 4.69) is 25.6 Å². The second-order valence-electron chi connectivity index (χ2n) is 6.07. The Morgan fingerprint density at radius 1 is 0.667 bits per heavy atom. The van der Waals surface area contributed by atoms with E-state index in [1.165, 1.54) is 0 Å². The van der Waals surface area contributed by atoms with E-state index in [1.807, 2.05) is 38.1 Å². The molecule has 0 radical (unpaired) electrons. The number of nitrogens with zero attached hydrogens (tertiary/aromatic N) is 3. The number of amides is 2. The van der Waals surface area contributed by atoms with E-state index in [0.29, 0.717) is 17.0 Å². The van der Waals surface area contributed by atoms with Gasteiger partial charge in [0.1, 0.15) is 5.82 Å². The molecule has 0 aliphatic carbocycles. The summed E-state index contributed by atoms with van der Waals surface area (Å²) in [7, 11) is 0. The number of benzene rings is 2. The van der Waals surface area contributed by atoms with Crippen molar-refractivity contribution in [3.8, 4) is 0 Å². The lowest BCUT2D eigenvalue weighted by molar-refractivity contribution is 0.101. The van der Waals surface area contributed by atoms with Crippen molar-refractivity contribution < 1.29 is 9.59 Å². The molecule has 136 valence electrons. The molecule has 2 N–H and O–H groups in total. The maximum atomic E-state index is 12.4. The molecule has 1 aromatic heterocycles. The Balaban J connectivity index is 1.80. The van der Waals surface area contributed by atoms with Gasteiger partial charge in [0.15, 0.2) is 0 Å². The Morgan fingerprint density at radius 2 is 1.07 bits per heavy atom. The van der Waals surface area contributed by atoms with Crippen LogP contribution in [0, 0.1) is 20.8 Å². The summed E-state index contributed by atoms with van der Waals surface area (Å²) in [5, 5.41) is 5.30. The smallest absolute Gasteiger partial charge is 0.258 e. The van der Waals surface area contributed by atoms with Gasteiger partial charge in [-0.05, 0) is 44.0 Å². The van der Waals surface area contributed by atoms with Gasteiger partial charge in [-0.2, -0.15) is 15.0 Å². The number of carbonyl (C=O) groups is 2. The van der Waals surface area contributed by atoms with Gasteiger partial charge >= 0.3 is 0 Å². The van der Waals surface area contributed by atoms with Gasteiger partial charge in [-0.3, -0.25) is 20.2 Å². The van der Waals surface area contributed by atoms with Crippen LogP contribution in [0.3, 0.4) is 0 Å². The molecule has 0 unspecified atom stereocenters. The maximum Gasteiger partial charge on any atom is 0.258 e. The van der Waals surface area contributed by atoms with Crippen LogP contribution in [0.2, 0.25) is 0 Å². The molecule has 2 amide bonds. The first-order chi connectivity index (χ1) is 12.9. The van der Waals surface area contributed by atoms with Crippen molar-refractivity contribution in [2.24, 2.45) is 0 Å². The molecule has 2 aromatic carbocycles. The molecule has 3 aromatic rings. The Kier molecular flexibility index (Phi) is 5.21. The summed E-state index contributed by atoms with van der Waals surface area (Å²) in [5.74, 6) is -0.110. The molecule has 1 heterocycles. The van der Waals surface area contributed by atoms with Crippen LogP contribution in [0.1, 0.15) is 37.7 Å². The summed E-state index contributed by atoms with van der Waals surface area (Å²) in [5.41, 5.74) is 2.74. The third-order valence-electron chi connectivity index (χ3n) is 3.98. The van der Waals surface area contributed by atoms with Crippen LogP contribution in [-0.2, 0) is 0 Å². The maximum absolute atomic E-state index is 12.4. The van der Waals surface area contributed by atoms with Crippen LogP contribution in [-0.4, -0.2) is 26.8 Å². The highest BCUT2D eigenvalue weighted by molar-refractivity contribution is 6.05. The summed E-state index contributed by atoms with van der Waals surface area (Å²) in [6, 6.07) is 14.4. The van der Waals surface area contributed by atoms with Gasteiger partial charge < -0.3 is 0 Å². The van der Waals surface area contributed by atoms with E-state index in [1.54, 1.807) is 31.2 Å². The second kappa shape index (κ2) is 7.74. The van der Waals surface area contributed by atoms with E-state index >= 15 is 0 Å². The number of carbonyl (C=O) groups excluding carboxylic acids is 2. The van der Waals surface area contributed by atoms with Crippen molar-refractivity contribution in [3.63, 3.8) is 0 Å². The average Bonchev–Trinajstić information content (AvgIpc) is 2.61. The SMILES string of the molecule is Cc1nc(NC(=O)c2ccccc2C)nc(NC(=O)c2ccccc2C)n1. The molecule has 7 nitrogen and oxygen atoms in total. The fourth-order valence-electron chi connectivity index (χ4n) is 2.59. The third-order valence-corrected chi connectivity index (χ3v) is 3.98. The second-order valence-corrected chi connectivity index (χ2v) is 6.07. The zero-order valence-electron chi connectivity index (χ0n) is 15.3. The fraction of sp³-hybridized carbons (Fsp3) is 0.150. The number of anilines is 2. The quantitative estimate of drug-likeness (QED) is 0.743. The monoisotopic (exact) mass is 361 g/mol. The normalized spacial score (nSPS) is 10.3.